The summed E-state index contributed by atoms with van der Waals surface area (Å²) in [7, 11) is 3.90. The lowest BCUT2D eigenvalue weighted by atomic mass is 9.78. The van der Waals surface area contributed by atoms with Gasteiger partial charge in [-0.1, -0.05) is 12.8 Å². The Bertz CT molecular complexity index is 511. The van der Waals surface area contributed by atoms with Gasteiger partial charge in [0.15, 0.2) is 0 Å². The number of carboxylic acids is 1. The summed E-state index contributed by atoms with van der Waals surface area (Å²) in [5.74, 6) is -2.03. The van der Waals surface area contributed by atoms with Gasteiger partial charge in [0.2, 0.25) is 5.91 Å². The molecule has 0 saturated heterocycles. The van der Waals surface area contributed by atoms with Crippen molar-refractivity contribution in [2.75, 3.05) is 24.3 Å². The molecule has 0 aromatic heterocycles. The molecule has 5 heteroatoms. The molecule has 0 bridgehead atoms. The lowest BCUT2D eigenvalue weighted by Crippen LogP contribution is -2.36. The molecule has 0 heterocycles. The van der Waals surface area contributed by atoms with Crippen molar-refractivity contribution >= 4 is 23.3 Å². The van der Waals surface area contributed by atoms with E-state index in [9.17, 15) is 14.7 Å². The van der Waals surface area contributed by atoms with E-state index in [4.69, 9.17) is 0 Å². The molecule has 1 aromatic carbocycles. The first-order chi connectivity index (χ1) is 9.99. The smallest absolute Gasteiger partial charge is 0.307 e. The zero-order valence-electron chi connectivity index (χ0n) is 12.5. The maximum Gasteiger partial charge on any atom is 0.307 e. The molecule has 1 aromatic rings. The average molecular weight is 290 g/mol. The first-order valence-electron chi connectivity index (χ1n) is 7.30. The van der Waals surface area contributed by atoms with Crippen molar-refractivity contribution in [2.24, 2.45) is 11.8 Å². The van der Waals surface area contributed by atoms with Crippen LogP contribution in [0, 0.1) is 11.8 Å². The molecule has 0 aliphatic heterocycles. The summed E-state index contributed by atoms with van der Waals surface area (Å²) in [4.78, 5) is 25.6. The Hall–Kier alpha value is -2.04. The number of carboxylic acid groups (broad SMARTS) is 1. The van der Waals surface area contributed by atoms with Crippen LogP contribution in [0.3, 0.4) is 0 Å². The summed E-state index contributed by atoms with van der Waals surface area (Å²) in [6.45, 7) is 0. The van der Waals surface area contributed by atoms with E-state index < -0.39 is 17.8 Å². The van der Waals surface area contributed by atoms with E-state index in [0.29, 0.717) is 18.5 Å². The molecule has 1 aliphatic carbocycles. The molecule has 5 nitrogen and oxygen atoms in total. The van der Waals surface area contributed by atoms with Crippen LogP contribution in [-0.2, 0) is 9.59 Å². The van der Waals surface area contributed by atoms with Crippen LogP contribution in [0.25, 0.3) is 0 Å². The number of rotatable bonds is 4. The number of hydrogen-bond donors (Lipinski definition) is 2. The van der Waals surface area contributed by atoms with Crippen LogP contribution >= 0.6 is 0 Å². The second kappa shape index (κ2) is 6.61. The van der Waals surface area contributed by atoms with Crippen LogP contribution in [-0.4, -0.2) is 31.1 Å². The van der Waals surface area contributed by atoms with Gasteiger partial charge in [-0.2, -0.15) is 0 Å². The zero-order valence-corrected chi connectivity index (χ0v) is 12.5. The number of nitrogens with zero attached hydrogens (tertiary/aromatic N) is 1. The molecule has 21 heavy (non-hydrogen) atoms. The van der Waals surface area contributed by atoms with E-state index in [1.807, 2.05) is 43.3 Å². The summed E-state index contributed by atoms with van der Waals surface area (Å²) >= 11 is 0. The van der Waals surface area contributed by atoms with Gasteiger partial charge in [-0.05, 0) is 37.1 Å². The van der Waals surface area contributed by atoms with Crippen molar-refractivity contribution in [3.05, 3.63) is 24.3 Å². The molecule has 1 aliphatic rings. The molecule has 2 atom stereocenters. The van der Waals surface area contributed by atoms with E-state index in [0.717, 1.165) is 18.5 Å². The number of amides is 1. The molecule has 114 valence electrons. The molecule has 2 N–H and O–H groups in total. The van der Waals surface area contributed by atoms with Crippen LogP contribution in [0.4, 0.5) is 11.4 Å². The van der Waals surface area contributed by atoms with E-state index in [2.05, 4.69) is 5.32 Å². The molecule has 1 fully saturated rings. The normalized spacial score (nSPS) is 21.6. The number of carbonyl (C=O) groups is 2. The molecule has 1 amide bonds. The second-order valence-electron chi connectivity index (χ2n) is 5.77. The van der Waals surface area contributed by atoms with Gasteiger partial charge >= 0.3 is 5.97 Å². The van der Waals surface area contributed by atoms with Gasteiger partial charge in [-0.25, -0.2) is 0 Å². The first-order valence-corrected chi connectivity index (χ1v) is 7.30. The number of nitrogens with one attached hydrogen (secondary N) is 1. The maximum absolute atomic E-state index is 12.3. The molecule has 0 radical (unpaired) electrons. The lowest BCUT2D eigenvalue weighted by Gasteiger charge is -2.27. The maximum atomic E-state index is 12.3. The van der Waals surface area contributed by atoms with Crippen molar-refractivity contribution in [3.8, 4) is 0 Å². The Labute approximate surface area is 125 Å². The number of carbonyl (C=O) groups excluding carboxylic acids is 1. The average Bonchev–Trinajstić information content (AvgIpc) is 2.47. The van der Waals surface area contributed by atoms with Gasteiger partial charge in [0.1, 0.15) is 0 Å². The molecular weight excluding hydrogens is 268 g/mol. The van der Waals surface area contributed by atoms with E-state index in [1.54, 1.807) is 0 Å². The van der Waals surface area contributed by atoms with Gasteiger partial charge in [-0.3, -0.25) is 9.59 Å². The third-order valence-corrected chi connectivity index (χ3v) is 4.07. The minimum absolute atomic E-state index is 0.181. The van der Waals surface area contributed by atoms with Crippen LogP contribution in [0.5, 0.6) is 0 Å². The fourth-order valence-corrected chi connectivity index (χ4v) is 2.82. The minimum atomic E-state index is -0.863. The SMILES string of the molecule is CN(C)c1ccc(NC(=O)C2CCCCC2C(=O)O)cc1. The fourth-order valence-electron chi connectivity index (χ4n) is 2.82. The van der Waals surface area contributed by atoms with Crippen LogP contribution in [0.1, 0.15) is 25.7 Å². The third-order valence-electron chi connectivity index (χ3n) is 4.07. The van der Waals surface area contributed by atoms with Crippen molar-refractivity contribution in [3.63, 3.8) is 0 Å². The summed E-state index contributed by atoms with van der Waals surface area (Å²) < 4.78 is 0. The lowest BCUT2D eigenvalue weighted by molar-refractivity contribution is -0.147. The second-order valence-corrected chi connectivity index (χ2v) is 5.77. The van der Waals surface area contributed by atoms with Crippen molar-refractivity contribution < 1.29 is 14.7 Å². The molecule has 1 saturated carbocycles. The largest absolute Gasteiger partial charge is 0.481 e. The number of anilines is 2. The van der Waals surface area contributed by atoms with Crippen LogP contribution in [0.2, 0.25) is 0 Å². The minimum Gasteiger partial charge on any atom is -0.481 e. The Morgan fingerprint density at radius 1 is 1.10 bits per heavy atom. The Kier molecular flexibility index (Phi) is 4.83. The highest BCUT2D eigenvalue weighted by molar-refractivity contribution is 5.95. The monoisotopic (exact) mass is 290 g/mol. The number of benzene rings is 1. The molecule has 0 spiro atoms. The van der Waals surface area contributed by atoms with Crippen molar-refractivity contribution in [2.45, 2.75) is 25.7 Å². The quantitative estimate of drug-likeness (QED) is 0.894. The topological polar surface area (TPSA) is 69.6 Å². The predicted octanol–water partition coefficient (Wildman–Crippen LogP) is 2.58. The van der Waals surface area contributed by atoms with E-state index in [-0.39, 0.29) is 5.91 Å². The Morgan fingerprint density at radius 2 is 1.67 bits per heavy atom. The fraction of sp³-hybridized carbons (Fsp3) is 0.500. The Morgan fingerprint density at radius 3 is 2.19 bits per heavy atom. The highest BCUT2D eigenvalue weighted by Crippen LogP contribution is 2.31. The van der Waals surface area contributed by atoms with Gasteiger partial charge in [0, 0.05) is 25.5 Å². The molecule has 2 rings (SSSR count). The van der Waals surface area contributed by atoms with Crippen molar-refractivity contribution in [1.82, 2.24) is 0 Å². The molecule has 2 unspecified atom stereocenters. The van der Waals surface area contributed by atoms with Crippen LogP contribution < -0.4 is 10.2 Å². The van der Waals surface area contributed by atoms with Gasteiger partial charge in [0.25, 0.3) is 0 Å². The predicted molar refractivity (Wildman–Crippen MR) is 82.5 cm³/mol. The third kappa shape index (κ3) is 3.74. The molecular formula is C16H22N2O3. The van der Waals surface area contributed by atoms with Gasteiger partial charge in [-0.15, -0.1) is 0 Å². The highest BCUT2D eigenvalue weighted by atomic mass is 16.4. The highest BCUT2D eigenvalue weighted by Gasteiger charge is 2.35. The summed E-state index contributed by atoms with van der Waals surface area (Å²) in [6, 6.07) is 7.52. The summed E-state index contributed by atoms with van der Waals surface area (Å²) in [5.41, 5.74) is 1.76. The summed E-state index contributed by atoms with van der Waals surface area (Å²) in [6.07, 6.45) is 3.05. The van der Waals surface area contributed by atoms with E-state index in [1.165, 1.54) is 0 Å². The van der Waals surface area contributed by atoms with Crippen molar-refractivity contribution in [1.29, 1.82) is 0 Å². The van der Waals surface area contributed by atoms with Gasteiger partial charge < -0.3 is 15.3 Å². The first kappa shape index (κ1) is 15.4. The number of hydrogen-bond acceptors (Lipinski definition) is 3. The van der Waals surface area contributed by atoms with E-state index >= 15 is 0 Å². The Balaban J connectivity index is 2.04. The standard InChI is InChI=1S/C16H22N2O3/c1-18(2)12-9-7-11(8-10-12)17-15(19)13-5-3-4-6-14(13)16(20)21/h7-10,13-14H,3-6H2,1-2H3,(H,17,19)(H,20,21). The van der Waals surface area contributed by atoms with Gasteiger partial charge in [0.05, 0.1) is 11.8 Å². The number of aliphatic carboxylic acids is 1. The summed E-state index contributed by atoms with van der Waals surface area (Å²) in [5, 5.41) is 12.1. The zero-order chi connectivity index (χ0) is 15.4. The van der Waals surface area contributed by atoms with Crippen LogP contribution in [0.15, 0.2) is 24.3 Å².